The molecule has 190 valence electrons. The van der Waals surface area contributed by atoms with Gasteiger partial charge in [0.2, 0.25) is 0 Å². The number of aliphatic hydroxyl groups excluding tert-OH is 1. The van der Waals surface area contributed by atoms with Gasteiger partial charge < -0.3 is 25.4 Å². The lowest BCUT2D eigenvalue weighted by Crippen LogP contribution is -2.50. The summed E-state index contributed by atoms with van der Waals surface area (Å²) in [4.78, 5) is 29.7. The Hall–Kier alpha value is -3.61. The second kappa shape index (κ2) is 12.4. The summed E-state index contributed by atoms with van der Waals surface area (Å²) in [7, 11) is 0. The highest BCUT2D eigenvalue weighted by Crippen LogP contribution is 2.17. The molecule has 2 aromatic carbocycles. The number of likely N-dealkylation sites (tertiary alicyclic amines) is 2. The van der Waals surface area contributed by atoms with Crippen LogP contribution in [0.1, 0.15) is 41.6 Å². The first-order valence-electron chi connectivity index (χ1n) is 12.5. The number of hydrogen-bond donors (Lipinski definition) is 3. The van der Waals surface area contributed by atoms with Crippen molar-refractivity contribution in [2.45, 2.75) is 37.8 Å². The second-order valence-corrected chi connectivity index (χ2v) is 9.28. The summed E-state index contributed by atoms with van der Waals surface area (Å²) in [6, 6.07) is 14.7. The van der Waals surface area contributed by atoms with Gasteiger partial charge in [0.25, 0.3) is 5.91 Å². The Morgan fingerprint density at radius 2 is 1.86 bits per heavy atom. The zero-order chi connectivity index (χ0) is 25.3. The van der Waals surface area contributed by atoms with Gasteiger partial charge in [-0.25, -0.2) is 4.79 Å². The van der Waals surface area contributed by atoms with E-state index in [9.17, 15) is 14.7 Å². The van der Waals surface area contributed by atoms with Crippen LogP contribution in [0.2, 0.25) is 0 Å². The summed E-state index contributed by atoms with van der Waals surface area (Å²) in [6.45, 7) is 4.39. The molecule has 3 N–H and O–H groups in total. The molecule has 9 heteroatoms. The van der Waals surface area contributed by atoms with E-state index >= 15 is 0 Å². The van der Waals surface area contributed by atoms with E-state index in [1.165, 1.54) is 12.8 Å². The number of ether oxygens (including phenoxy) is 1. The van der Waals surface area contributed by atoms with E-state index in [-0.39, 0.29) is 18.5 Å². The Balaban J connectivity index is 1.31. The van der Waals surface area contributed by atoms with E-state index in [2.05, 4.69) is 15.5 Å². The largest absolute Gasteiger partial charge is 0.492 e. The van der Waals surface area contributed by atoms with Gasteiger partial charge in [-0.2, -0.15) is 5.26 Å². The maximum atomic E-state index is 12.9. The highest BCUT2D eigenvalue weighted by atomic mass is 16.5. The first-order chi connectivity index (χ1) is 17.5. The summed E-state index contributed by atoms with van der Waals surface area (Å²) in [5.41, 5.74) is 1.43. The number of nitrogens with zero attached hydrogens (tertiary/aromatic N) is 3. The van der Waals surface area contributed by atoms with Crippen LogP contribution < -0.4 is 15.4 Å². The Kier molecular flexibility index (Phi) is 8.76. The first kappa shape index (κ1) is 25.5. The molecule has 2 fully saturated rings. The number of aliphatic hydroxyl groups is 1. The maximum absolute atomic E-state index is 12.9. The molecule has 0 aromatic heterocycles. The van der Waals surface area contributed by atoms with E-state index < -0.39 is 12.1 Å². The molecule has 0 aliphatic carbocycles. The van der Waals surface area contributed by atoms with Crippen molar-refractivity contribution in [1.29, 1.82) is 5.26 Å². The highest BCUT2D eigenvalue weighted by Gasteiger charge is 2.29. The number of urea groups is 1. The number of nitrogens with one attached hydrogen (secondary N) is 2. The van der Waals surface area contributed by atoms with Gasteiger partial charge in [-0.15, -0.1) is 0 Å². The summed E-state index contributed by atoms with van der Waals surface area (Å²) in [6.07, 6.45) is 2.82. The van der Waals surface area contributed by atoms with Crippen molar-refractivity contribution in [3.05, 3.63) is 59.7 Å². The summed E-state index contributed by atoms with van der Waals surface area (Å²) in [5, 5.41) is 25.4. The van der Waals surface area contributed by atoms with Gasteiger partial charge in [0, 0.05) is 30.9 Å². The number of anilines is 1. The van der Waals surface area contributed by atoms with E-state index in [4.69, 9.17) is 10.00 Å². The fraction of sp³-hybridized carbons (Fsp3) is 0.444. The minimum absolute atomic E-state index is 0.175. The summed E-state index contributed by atoms with van der Waals surface area (Å²) in [5.74, 6) is 0.398. The monoisotopic (exact) mass is 491 g/mol. The average Bonchev–Trinajstić information content (AvgIpc) is 3.34. The van der Waals surface area contributed by atoms with E-state index in [0.717, 1.165) is 19.6 Å². The third-order valence-electron chi connectivity index (χ3n) is 6.65. The number of hydrogen-bond acceptors (Lipinski definition) is 6. The number of carbonyl (C=O) groups is 2. The fourth-order valence-electron chi connectivity index (χ4n) is 4.59. The molecule has 0 radical (unpaired) electrons. The lowest BCUT2D eigenvalue weighted by atomic mass is 10.1. The summed E-state index contributed by atoms with van der Waals surface area (Å²) >= 11 is 0. The maximum Gasteiger partial charge on any atom is 0.321 e. The van der Waals surface area contributed by atoms with Gasteiger partial charge in [-0.3, -0.25) is 9.69 Å². The molecule has 2 atom stereocenters. The predicted octanol–water partition coefficient (Wildman–Crippen LogP) is 2.82. The van der Waals surface area contributed by atoms with Crippen molar-refractivity contribution in [2.24, 2.45) is 0 Å². The predicted molar refractivity (Wildman–Crippen MR) is 136 cm³/mol. The molecule has 4 rings (SSSR count). The van der Waals surface area contributed by atoms with Gasteiger partial charge in [0.05, 0.1) is 23.8 Å². The molecule has 2 saturated heterocycles. The Bertz CT molecular complexity index is 1080. The van der Waals surface area contributed by atoms with Crippen molar-refractivity contribution < 1.29 is 19.4 Å². The van der Waals surface area contributed by atoms with Gasteiger partial charge >= 0.3 is 6.03 Å². The number of benzene rings is 2. The van der Waals surface area contributed by atoms with Crippen molar-refractivity contribution >= 4 is 17.6 Å². The van der Waals surface area contributed by atoms with Crippen molar-refractivity contribution in [2.75, 3.05) is 44.6 Å². The van der Waals surface area contributed by atoms with Crippen LogP contribution in [0.25, 0.3) is 0 Å². The smallest absolute Gasteiger partial charge is 0.321 e. The molecular formula is C27H33N5O4. The molecule has 0 spiro atoms. The molecule has 9 nitrogen and oxygen atoms in total. The van der Waals surface area contributed by atoms with Crippen molar-refractivity contribution in [3.63, 3.8) is 0 Å². The van der Waals surface area contributed by atoms with Crippen molar-refractivity contribution in [3.8, 4) is 11.8 Å². The molecule has 2 aliphatic rings. The Morgan fingerprint density at radius 1 is 1.08 bits per heavy atom. The quantitative estimate of drug-likeness (QED) is 0.548. The molecule has 2 aliphatic heterocycles. The first-order valence-corrected chi connectivity index (χ1v) is 12.5. The second-order valence-electron chi connectivity index (χ2n) is 9.28. The molecule has 0 unspecified atom stereocenters. The van der Waals surface area contributed by atoms with Crippen LogP contribution in [0.15, 0.2) is 48.5 Å². The third-order valence-corrected chi connectivity index (χ3v) is 6.65. The summed E-state index contributed by atoms with van der Waals surface area (Å²) < 4.78 is 5.81. The minimum Gasteiger partial charge on any atom is -0.492 e. The molecule has 0 saturated carbocycles. The molecule has 2 heterocycles. The Labute approximate surface area is 211 Å². The van der Waals surface area contributed by atoms with E-state index in [1.807, 2.05) is 6.07 Å². The van der Waals surface area contributed by atoms with Gasteiger partial charge in [-0.05, 0) is 81.2 Å². The van der Waals surface area contributed by atoms with Crippen molar-refractivity contribution in [1.82, 2.24) is 15.1 Å². The standard InChI is InChI=1S/C27H33N5O4/c28-18-20-5-3-6-22(17-20)29-27(35)32-14-4-7-25(33)24(19-32)30-26(34)21-8-10-23(11-9-21)36-16-15-31-12-1-2-13-31/h3,5-6,8-11,17,24-25,33H,1-2,4,7,12-16,19H2,(H,29,35)(H,30,34)/t24-,25-/m1/s1. The normalized spacial score (nSPS) is 20.3. The highest BCUT2D eigenvalue weighted by molar-refractivity contribution is 5.94. The fourth-order valence-corrected chi connectivity index (χ4v) is 4.59. The van der Waals surface area contributed by atoms with Crippen LogP contribution in [-0.4, -0.2) is 78.3 Å². The molecule has 2 aromatic rings. The topological polar surface area (TPSA) is 118 Å². The van der Waals surface area contributed by atoms with E-state index in [1.54, 1.807) is 53.4 Å². The van der Waals surface area contributed by atoms with Gasteiger partial charge in [0.15, 0.2) is 0 Å². The lowest BCUT2D eigenvalue weighted by molar-refractivity contribution is 0.0811. The Morgan fingerprint density at radius 3 is 2.61 bits per heavy atom. The van der Waals surface area contributed by atoms with Crippen LogP contribution >= 0.6 is 0 Å². The zero-order valence-electron chi connectivity index (χ0n) is 20.4. The van der Waals surface area contributed by atoms with Gasteiger partial charge in [-0.1, -0.05) is 6.07 Å². The zero-order valence-corrected chi connectivity index (χ0v) is 20.4. The molecular weight excluding hydrogens is 458 g/mol. The van der Waals surface area contributed by atoms with Gasteiger partial charge in [0.1, 0.15) is 12.4 Å². The van der Waals surface area contributed by atoms with E-state index in [0.29, 0.717) is 48.6 Å². The van der Waals surface area contributed by atoms with Crippen LogP contribution in [0.5, 0.6) is 5.75 Å². The van der Waals surface area contributed by atoms with Crippen LogP contribution in [-0.2, 0) is 0 Å². The molecule has 3 amide bonds. The number of amides is 3. The number of rotatable bonds is 7. The minimum atomic E-state index is -0.762. The van der Waals surface area contributed by atoms with Crippen LogP contribution in [0.4, 0.5) is 10.5 Å². The lowest BCUT2D eigenvalue weighted by Gasteiger charge is -2.27. The molecule has 0 bridgehead atoms. The van der Waals surface area contributed by atoms with Crippen LogP contribution in [0.3, 0.4) is 0 Å². The third kappa shape index (κ3) is 6.97. The average molecular weight is 492 g/mol. The number of carbonyl (C=O) groups excluding carboxylic acids is 2. The molecule has 36 heavy (non-hydrogen) atoms. The van der Waals surface area contributed by atoms with Crippen LogP contribution in [0, 0.1) is 11.3 Å². The SMILES string of the molecule is N#Cc1cccc(NC(=O)N2CCC[C@@H](O)[C@H](NC(=O)c3ccc(OCCN4CCCC4)cc3)C2)c1. The number of nitriles is 1.